The minimum atomic E-state index is -0.00312. The van der Waals surface area contributed by atoms with Crippen LogP contribution in [0.3, 0.4) is 0 Å². The smallest absolute Gasteiger partial charge is 0.226 e. The summed E-state index contributed by atoms with van der Waals surface area (Å²) in [5, 5.41) is 4.06. The molecule has 0 amide bonds. The van der Waals surface area contributed by atoms with Gasteiger partial charge in [-0.3, -0.25) is 0 Å². The Balaban J connectivity index is 1.58. The first kappa shape index (κ1) is 12.2. The summed E-state index contributed by atoms with van der Waals surface area (Å²) >= 11 is 0. The van der Waals surface area contributed by atoms with E-state index < -0.39 is 0 Å². The summed E-state index contributed by atoms with van der Waals surface area (Å²) in [5.41, 5.74) is 6.09. The van der Waals surface area contributed by atoms with Gasteiger partial charge in [-0.2, -0.15) is 4.98 Å². The normalized spacial score (nSPS) is 23.8. The molecule has 2 saturated carbocycles. The molecule has 1 aromatic heterocycles. The van der Waals surface area contributed by atoms with Crippen molar-refractivity contribution in [3.8, 4) is 0 Å². The molecule has 1 unspecified atom stereocenters. The van der Waals surface area contributed by atoms with Crippen molar-refractivity contribution in [1.29, 1.82) is 0 Å². The monoisotopic (exact) mass is 249 g/mol. The molecule has 1 heterocycles. The van der Waals surface area contributed by atoms with E-state index in [9.17, 15) is 0 Å². The Bertz CT molecular complexity index is 378. The number of rotatable bonds is 4. The first-order valence-corrected chi connectivity index (χ1v) is 7.41. The van der Waals surface area contributed by atoms with E-state index in [0.29, 0.717) is 5.92 Å². The van der Waals surface area contributed by atoms with Gasteiger partial charge in [0.1, 0.15) is 0 Å². The molecule has 4 heteroatoms. The summed E-state index contributed by atoms with van der Waals surface area (Å²) in [6.45, 7) is 0. The molecule has 3 rings (SSSR count). The van der Waals surface area contributed by atoms with E-state index in [2.05, 4.69) is 10.1 Å². The summed E-state index contributed by atoms with van der Waals surface area (Å²) in [4.78, 5) is 4.49. The molecule has 2 aliphatic carbocycles. The third-order valence-electron chi connectivity index (χ3n) is 4.35. The Kier molecular flexibility index (Phi) is 3.64. The molecule has 0 saturated heterocycles. The second-order valence-electron chi connectivity index (χ2n) is 5.97. The summed E-state index contributed by atoms with van der Waals surface area (Å²) in [5.74, 6) is 2.85. The Morgan fingerprint density at radius 3 is 2.50 bits per heavy atom. The first-order chi connectivity index (χ1) is 8.83. The second-order valence-corrected chi connectivity index (χ2v) is 5.97. The minimum absolute atomic E-state index is 0.00312. The lowest BCUT2D eigenvalue weighted by atomic mass is 9.97. The molecule has 2 aliphatic rings. The van der Waals surface area contributed by atoms with Crippen molar-refractivity contribution < 1.29 is 4.52 Å². The van der Waals surface area contributed by atoms with Crippen molar-refractivity contribution in [1.82, 2.24) is 10.1 Å². The molecule has 0 spiro atoms. The average Bonchev–Trinajstić information content (AvgIpc) is 3.15. The van der Waals surface area contributed by atoms with Crippen molar-refractivity contribution in [2.45, 2.75) is 63.8 Å². The largest absolute Gasteiger partial charge is 0.339 e. The zero-order valence-electron chi connectivity index (χ0n) is 11.0. The van der Waals surface area contributed by atoms with Crippen molar-refractivity contribution in [2.75, 3.05) is 0 Å². The summed E-state index contributed by atoms with van der Waals surface area (Å²) in [7, 11) is 0. The van der Waals surface area contributed by atoms with Crippen LogP contribution in [0.15, 0.2) is 4.52 Å². The van der Waals surface area contributed by atoms with E-state index >= 15 is 0 Å². The molecule has 0 aromatic carbocycles. The van der Waals surface area contributed by atoms with Crippen molar-refractivity contribution in [2.24, 2.45) is 17.6 Å². The molecule has 18 heavy (non-hydrogen) atoms. The first-order valence-electron chi connectivity index (χ1n) is 7.41. The lowest BCUT2D eigenvalue weighted by molar-refractivity contribution is 0.333. The van der Waals surface area contributed by atoms with Crippen LogP contribution < -0.4 is 5.73 Å². The maximum Gasteiger partial charge on any atom is 0.226 e. The van der Waals surface area contributed by atoms with Gasteiger partial charge in [0.25, 0.3) is 0 Å². The van der Waals surface area contributed by atoms with E-state index in [-0.39, 0.29) is 6.04 Å². The fraction of sp³-hybridized carbons (Fsp3) is 0.857. The number of aromatic nitrogens is 2. The SMILES string of the molecule is NC(c1noc(CC2CCCCCC2)n1)C1CC1. The van der Waals surface area contributed by atoms with Gasteiger partial charge in [0.2, 0.25) is 5.89 Å². The van der Waals surface area contributed by atoms with Gasteiger partial charge in [-0.05, 0) is 37.5 Å². The quantitative estimate of drug-likeness (QED) is 0.833. The van der Waals surface area contributed by atoms with Gasteiger partial charge in [-0.1, -0.05) is 30.8 Å². The molecule has 2 N–H and O–H groups in total. The van der Waals surface area contributed by atoms with Crippen LogP contribution in [0.25, 0.3) is 0 Å². The van der Waals surface area contributed by atoms with Gasteiger partial charge in [-0.15, -0.1) is 0 Å². The van der Waals surface area contributed by atoms with Crippen LogP contribution in [0.2, 0.25) is 0 Å². The van der Waals surface area contributed by atoms with Crippen molar-refractivity contribution in [3.05, 3.63) is 11.7 Å². The Labute approximate surface area is 108 Å². The molecule has 4 nitrogen and oxygen atoms in total. The number of nitrogens with zero attached hydrogens (tertiary/aromatic N) is 2. The van der Waals surface area contributed by atoms with Crippen LogP contribution in [0.5, 0.6) is 0 Å². The summed E-state index contributed by atoms with van der Waals surface area (Å²) in [6.07, 6.45) is 11.5. The molecular weight excluding hydrogens is 226 g/mol. The van der Waals surface area contributed by atoms with E-state index in [0.717, 1.165) is 24.1 Å². The lowest BCUT2D eigenvalue weighted by Gasteiger charge is -2.10. The molecule has 100 valence electrons. The van der Waals surface area contributed by atoms with Gasteiger partial charge in [0, 0.05) is 6.42 Å². The highest BCUT2D eigenvalue weighted by Gasteiger charge is 2.32. The second kappa shape index (κ2) is 5.39. The number of nitrogens with two attached hydrogens (primary N) is 1. The highest BCUT2D eigenvalue weighted by atomic mass is 16.5. The molecular formula is C14H23N3O. The number of hydrogen-bond donors (Lipinski definition) is 1. The molecule has 1 aromatic rings. The van der Waals surface area contributed by atoms with Gasteiger partial charge >= 0.3 is 0 Å². The van der Waals surface area contributed by atoms with E-state index in [4.69, 9.17) is 10.3 Å². The van der Waals surface area contributed by atoms with Crippen molar-refractivity contribution >= 4 is 0 Å². The van der Waals surface area contributed by atoms with Gasteiger partial charge in [-0.25, -0.2) is 0 Å². The van der Waals surface area contributed by atoms with Gasteiger partial charge in [0.15, 0.2) is 5.82 Å². The van der Waals surface area contributed by atoms with Gasteiger partial charge < -0.3 is 10.3 Å². The standard InChI is InChI=1S/C14H23N3O/c15-13(11-7-8-11)14-16-12(18-17-14)9-10-5-3-1-2-4-6-10/h10-11,13H,1-9,15H2. The third-order valence-corrected chi connectivity index (χ3v) is 4.35. The predicted molar refractivity (Wildman–Crippen MR) is 68.8 cm³/mol. The topological polar surface area (TPSA) is 64.9 Å². The summed E-state index contributed by atoms with van der Waals surface area (Å²) in [6, 6.07) is -0.00312. The molecule has 2 fully saturated rings. The summed E-state index contributed by atoms with van der Waals surface area (Å²) < 4.78 is 5.37. The van der Waals surface area contributed by atoms with E-state index in [1.165, 1.54) is 51.4 Å². The predicted octanol–water partition coefficient (Wildman–Crippen LogP) is 2.99. The van der Waals surface area contributed by atoms with E-state index in [1.54, 1.807) is 0 Å². The molecule has 0 aliphatic heterocycles. The fourth-order valence-corrected chi connectivity index (χ4v) is 2.97. The molecule has 0 bridgehead atoms. The molecule has 0 radical (unpaired) electrons. The highest BCUT2D eigenvalue weighted by Crippen LogP contribution is 2.38. The van der Waals surface area contributed by atoms with Crippen LogP contribution in [-0.4, -0.2) is 10.1 Å². The molecule has 1 atom stereocenters. The number of hydrogen-bond acceptors (Lipinski definition) is 4. The zero-order valence-corrected chi connectivity index (χ0v) is 11.0. The fourth-order valence-electron chi connectivity index (χ4n) is 2.97. The zero-order chi connectivity index (χ0) is 12.4. The van der Waals surface area contributed by atoms with Gasteiger partial charge in [0.05, 0.1) is 6.04 Å². The van der Waals surface area contributed by atoms with Crippen molar-refractivity contribution in [3.63, 3.8) is 0 Å². The Hall–Kier alpha value is -0.900. The minimum Gasteiger partial charge on any atom is -0.339 e. The highest BCUT2D eigenvalue weighted by molar-refractivity contribution is 5.00. The van der Waals surface area contributed by atoms with Crippen LogP contribution in [0.1, 0.15) is 69.1 Å². The Morgan fingerprint density at radius 2 is 1.83 bits per heavy atom. The maximum atomic E-state index is 6.09. The Morgan fingerprint density at radius 1 is 1.11 bits per heavy atom. The average molecular weight is 249 g/mol. The maximum absolute atomic E-state index is 6.09. The van der Waals surface area contributed by atoms with Crippen LogP contribution in [0, 0.1) is 11.8 Å². The van der Waals surface area contributed by atoms with Crippen LogP contribution >= 0.6 is 0 Å². The van der Waals surface area contributed by atoms with E-state index in [1.807, 2.05) is 0 Å². The lowest BCUT2D eigenvalue weighted by Crippen LogP contribution is -2.14. The third kappa shape index (κ3) is 2.91. The van der Waals surface area contributed by atoms with Crippen LogP contribution in [-0.2, 0) is 6.42 Å². The van der Waals surface area contributed by atoms with Crippen LogP contribution in [0.4, 0.5) is 0 Å².